The fourth-order valence-electron chi connectivity index (χ4n) is 5.47. The molecule has 0 unspecified atom stereocenters. The number of benzene rings is 6. The van der Waals surface area contributed by atoms with Crippen LogP contribution in [0.5, 0.6) is 0 Å². The van der Waals surface area contributed by atoms with Crippen LogP contribution in [0.2, 0.25) is 0 Å². The van der Waals surface area contributed by atoms with Crippen molar-refractivity contribution in [3.63, 3.8) is 0 Å². The average Bonchev–Trinajstić information content (AvgIpc) is 3.15. The van der Waals surface area contributed by atoms with Crippen molar-refractivity contribution >= 4 is 45.0 Å². The Balaban J connectivity index is 1.25. The normalized spacial score (nSPS) is 11.0. The van der Waals surface area contributed by atoms with E-state index in [-0.39, 0.29) is 43.4 Å². The summed E-state index contributed by atoms with van der Waals surface area (Å²) in [6, 6.07) is 38.0. The van der Waals surface area contributed by atoms with Gasteiger partial charge in [0.05, 0.1) is 32.0 Å². The molecule has 0 saturated carbocycles. The van der Waals surface area contributed by atoms with Crippen LogP contribution in [0.1, 0.15) is 41.4 Å². The summed E-state index contributed by atoms with van der Waals surface area (Å²) in [6.07, 6.45) is 0. The van der Waals surface area contributed by atoms with Crippen LogP contribution in [-0.4, -0.2) is 42.4 Å². The fraction of sp³-hybridized carbons (Fsp3) is 0. The predicted octanol–water partition coefficient (Wildman–Crippen LogP) is 7.75. The molecule has 0 bridgehead atoms. The smallest absolute Gasteiger partial charge is 0.336 e. The molecule has 0 aliphatic carbocycles. The van der Waals surface area contributed by atoms with Crippen molar-refractivity contribution in [1.82, 2.24) is 0 Å². The van der Waals surface area contributed by atoms with E-state index in [2.05, 4.69) is 10.6 Å². The first-order chi connectivity index (χ1) is 24.5. The highest BCUT2D eigenvalue weighted by Crippen LogP contribution is 2.28. The Labute approximate surface area is 292 Å². The number of amides is 2. The largest absolute Gasteiger partial charge is 0.478 e. The maximum atomic E-state index is 13.8. The van der Waals surface area contributed by atoms with E-state index in [4.69, 9.17) is 0 Å². The first kappa shape index (κ1) is 34.0. The second-order valence-corrected chi connectivity index (χ2v) is 13.3. The van der Waals surface area contributed by atoms with Crippen LogP contribution >= 0.6 is 0 Å². The van der Waals surface area contributed by atoms with E-state index < -0.39 is 33.6 Å². The van der Waals surface area contributed by atoms with Gasteiger partial charge < -0.3 is 20.8 Å². The van der Waals surface area contributed by atoms with E-state index >= 15 is 0 Å². The van der Waals surface area contributed by atoms with Crippen molar-refractivity contribution in [3.05, 3.63) is 168 Å². The molecule has 0 atom stereocenters. The quantitative estimate of drug-likeness (QED) is 0.113. The first-order valence-corrected chi connectivity index (χ1v) is 16.9. The summed E-state index contributed by atoms with van der Waals surface area (Å²) in [5.74, 6) is -4.10. The zero-order valence-electron chi connectivity index (χ0n) is 26.6. The van der Waals surface area contributed by atoms with Gasteiger partial charge in [0.15, 0.2) is 0 Å². The molecule has 0 saturated heterocycles. The van der Waals surface area contributed by atoms with E-state index in [1.54, 1.807) is 12.1 Å². The van der Waals surface area contributed by atoms with Crippen LogP contribution in [-0.2, 0) is 9.84 Å². The molecule has 6 rings (SSSR count). The fourth-order valence-corrected chi connectivity index (χ4v) is 6.82. The standard InChI is InChI=1S/C40H28N2O8S/c43-37(35-21-27(17-19-33(35)39(45)46)25-9-3-1-4-10-25)41-29-13-7-15-31(23-29)51(49,50)32-16-8-14-30(24-32)42-38(44)36-22-28(18-20-34(36)40(47)48)26-11-5-2-6-12-26/h1-24H,(H,41,43)(H,42,44)(H,45,46)(H,47,48). The number of anilines is 2. The second kappa shape index (κ2) is 14.3. The molecular formula is C40H28N2O8S. The van der Waals surface area contributed by atoms with Crippen molar-refractivity contribution < 1.29 is 37.8 Å². The monoisotopic (exact) mass is 696 g/mol. The number of sulfone groups is 1. The number of hydrogen-bond donors (Lipinski definition) is 4. The Bertz CT molecular complexity index is 2260. The van der Waals surface area contributed by atoms with Crippen LogP contribution in [0.4, 0.5) is 11.4 Å². The highest BCUT2D eigenvalue weighted by molar-refractivity contribution is 7.91. The second-order valence-electron chi connectivity index (χ2n) is 11.3. The van der Waals surface area contributed by atoms with Gasteiger partial charge in [-0.15, -0.1) is 0 Å². The minimum atomic E-state index is -4.20. The maximum Gasteiger partial charge on any atom is 0.336 e. The molecule has 0 heterocycles. The summed E-state index contributed by atoms with van der Waals surface area (Å²) >= 11 is 0. The van der Waals surface area contributed by atoms with Crippen molar-refractivity contribution in [2.45, 2.75) is 9.79 Å². The van der Waals surface area contributed by atoms with Crippen molar-refractivity contribution in [1.29, 1.82) is 0 Å². The lowest BCUT2D eigenvalue weighted by Gasteiger charge is -2.13. The molecule has 0 fully saturated rings. The van der Waals surface area contributed by atoms with Gasteiger partial charge in [-0.25, -0.2) is 18.0 Å². The minimum Gasteiger partial charge on any atom is -0.478 e. The van der Waals surface area contributed by atoms with E-state index in [0.29, 0.717) is 11.1 Å². The SMILES string of the molecule is O=C(O)c1ccc(-c2ccccc2)cc1C(=O)Nc1cccc(S(=O)(=O)c2cccc(NC(=O)c3cc(-c4ccccc4)ccc3C(=O)O)c2)c1. The molecule has 0 aliphatic rings. The van der Waals surface area contributed by atoms with Crippen molar-refractivity contribution in [3.8, 4) is 22.3 Å². The van der Waals surface area contributed by atoms with Crippen LogP contribution < -0.4 is 10.6 Å². The van der Waals surface area contributed by atoms with E-state index in [0.717, 1.165) is 11.1 Å². The van der Waals surface area contributed by atoms with Gasteiger partial charge in [0, 0.05) is 11.4 Å². The Hall–Kier alpha value is -6.85. The third-order valence-corrected chi connectivity index (χ3v) is 9.76. The zero-order valence-corrected chi connectivity index (χ0v) is 27.4. The van der Waals surface area contributed by atoms with Gasteiger partial charge in [0.2, 0.25) is 9.84 Å². The topological polar surface area (TPSA) is 167 Å². The average molecular weight is 697 g/mol. The molecule has 2 amide bonds. The molecule has 51 heavy (non-hydrogen) atoms. The highest BCUT2D eigenvalue weighted by atomic mass is 32.2. The van der Waals surface area contributed by atoms with Gasteiger partial charge >= 0.3 is 11.9 Å². The van der Waals surface area contributed by atoms with Gasteiger partial charge in [-0.2, -0.15) is 0 Å². The summed E-state index contributed by atoms with van der Waals surface area (Å²) in [5.41, 5.74) is 2.33. The third-order valence-electron chi connectivity index (χ3n) is 8.01. The lowest BCUT2D eigenvalue weighted by atomic mass is 9.98. The molecule has 0 radical (unpaired) electrons. The lowest BCUT2D eigenvalue weighted by molar-refractivity contribution is 0.0683. The number of carboxylic acids is 2. The van der Waals surface area contributed by atoms with Gasteiger partial charge in [0.1, 0.15) is 0 Å². The number of carbonyl (C=O) groups excluding carboxylic acids is 2. The van der Waals surface area contributed by atoms with Crippen LogP contribution in [0.15, 0.2) is 155 Å². The zero-order chi connectivity index (χ0) is 36.1. The molecule has 6 aromatic carbocycles. The first-order valence-electron chi connectivity index (χ1n) is 15.4. The Morgan fingerprint density at radius 3 is 1.18 bits per heavy atom. The number of nitrogens with one attached hydrogen (secondary N) is 2. The number of aromatic carboxylic acids is 2. The number of hydrogen-bond acceptors (Lipinski definition) is 6. The van der Waals surface area contributed by atoms with E-state index in [9.17, 15) is 37.8 Å². The molecule has 0 spiro atoms. The molecule has 252 valence electrons. The van der Waals surface area contributed by atoms with E-state index in [1.807, 2.05) is 60.7 Å². The van der Waals surface area contributed by atoms with Gasteiger partial charge in [-0.1, -0.05) is 84.9 Å². The summed E-state index contributed by atoms with van der Waals surface area (Å²) in [4.78, 5) is 50.3. The van der Waals surface area contributed by atoms with E-state index in [1.165, 1.54) is 72.8 Å². The summed E-state index contributed by atoms with van der Waals surface area (Å²) in [5, 5.41) is 24.7. The van der Waals surface area contributed by atoms with Gasteiger partial charge in [0.25, 0.3) is 11.8 Å². The molecule has 0 aromatic heterocycles. The molecule has 4 N–H and O–H groups in total. The van der Waals surface area contributed by atoms with Crippen LogP contribution in [0.3, 0.4) is 0 Å². The summed E-state index contributed by atoms with van der Waals surface area (Å²) in [7, 11) is -4.20. The van der Waals surface area contributed by atoms with Crippen molar-refractivity contribution in [2.75, 3.05) is 10.6 Å². The number of rotatable bonds is 10. The van der Waals surface area contributed by atoms with Crippen LogP contribution in [0.25, 0.3) is 22.3 Å². The molecule has 11 heteroatoms. The Kier molecular flexibility index (Phi) is 9.56. The van der Waals surface area contributed by atoms with Gasteiger partial charge in [-0.3, -0.25) is 9.59 Å². The maximum absolute atomic E-state index is 13.8. The van der Waals surface area contributed by atoms with Crippen molar-refractivity contribution in [2.24, 2.45) is 0 Å². The summed E-state index contributed by atoms with van der Waals surface area (Å²) in [6.45, 7) is 0. The molecule has 0 aliphatic heterocycles. The number of carbonyl (C=O) groups is 4. The number of carboxylic acid groups (broad SMARTS) is 2. The van der Waals surface area contributed by atoms with Crippen LogP contribution in [0, 0.1) is 0 Å². The molecular weight excluding hydrogens is 669 g/mol. The Morgan fingerprint density at radius 2 is 0.804 bits per heavy atom. The highest BCUT2D eigenvalue weighted by Gasteiger charge is 2.23. The Morgan fingerprint density at radius 1 is 0.412 bits per heavy atom. The predicted molar refractivity (Wildman–Crippen MR) is 192 cm³/mol. The van der Waals surface area contributed by atoms with Gasteiger partial charge in [-0.05, 0) is 82.9 Å². The summed E-state index contributed by atoms with van der Waals surface area (Å²) < 4.78 is 27.5. The lowest BCUT2D eigenvalue weighted by Crippen LogP contribution is -2.17. The minimum absolute atomic E-state index is 0.103. The molecule has 10 nitrogen and oxygen atoms in total. The molecule has 6 aromatic rings. The third kappa shape index (κ3) is 7.43.